The number of benzene rings is 2. The summed E-state index contributed by atoms with van der Waals surface area (Å²) in [6, 6.07) is 13.5. The van der Waals surface area contributed by atoms with E-state index in [0.717, 1.165) is 15.4 Å². The number of hydrogen-bond donors (Lipinski definition) is 0. The van der Waals surface area contributed by atoms with Crippen LogP contribution in [0.4, 0.5) is 0 Å². The number of methoxy groups -OCH3 is 1. The van der Waals surface area contributed by atoms with Crippen LogP contribution in [0.1, 0.15) is 62.0 Å². The van der Waals surface area contributed by atoms with Crippen LogP contribution < -0.4 is 0 Å². The highest BCUT2D eigenvalue weighted by Crippen LogP contribution is 2.34. The van der Waals surface area contributed by atoms with Gasteiger partial charge in [0.1, 0.15) is 11.0 Å². The van der Waals surface area contributed by atoms with Gasteiger partial charge in [0.05, 0.1) is 17.4 Å². The highest BCUT2D eigenvalue weighted by Gasteiger charge is 2.19. The van der Waals surface area contributed by atoms with Gasteiger partial charge in [-0.05, 0) is 56.5 Å². The molecule has 0 radical (unpaired) electrons. The minimum Gasteiger partial charge on any atom is -0.465 e. The molecule has 0 spiro atoms. The molecule has 4 nitrogen and oxygen atoms in total. The summed E-state index contributed by atoms with van der Waals surface area (Å²) in [6.07, 6.45) is 1.68. The molecule has 2 aromatic rings. The van der Waals surface area contributed by atoms with Gasteiger partial charge in [-0.3, -0.25) is 0 Å². The van der Waals surface area contributed by atoms with E-state index in [-0.39, 0.29) is 5.97 Å². The fraction of sp³-hybridized carbons (Fsp3) is 0.364. The second-order valence-corrected chi connectivity index (χ2v) is 10.7. The van der Waals surface area contributed by atoms with Crippen molar-refractivity contribution in [1.29, 1.82) is 0 Å². The number of rotatable bonds is 6. The van der Waals surface area contributed by atoms with Crippen molar-refractivity contribution in [3.05, 3.63) is 59.2 Å². The Bertz CT molecular complexity index is 899. The van der Waals surface area contributed by atoms with E-state index < -0.39 is 15.7 Å². The summed E-state index contributed by atoms with van der Waals surface area (Å²) in [4.78, 5) is 13.8. The quantitative estimate of drug-likeness (QED) is 0.451. The van der Waals surface area contributed by atoms with Crippen LogP contribution in [0.5, 0.6) is 0 Å². The van der Waals surface area contributed by atoms with Gasteiger partial charge in [0.2, 0.25) is 0 Å². The van der Waals surface area contributed by atoms with Crippen molar-refractivity contribution < 1.29 is 13.7 Å². The molecule has 0 aliphatic rings. The lowest BCUT2D eigenvalue weighted by Gasteiger charge is -2.14. The van der Waals surface area contributed by atoms with Crippen molar-refractivity contribution in [1.82, 2.24) is 0 Å². The Morgan fingerprint density at radius 1 is 1.14 bits per heavy atom. The van der Waals surface area contributed by atoms with Gasteiger partial charge in [-0.25, -0.2) is 9.00 Å². The summed E-state index contributed by atoms with van der Waals surface area (Å²) in [5.41, 5.74) is 2.58. The van der Waals surface area contributed by atoms with Crippen LogP contribution in [0.2, 0.25) is 0 Å². The van der Waals surface area contributed by atoms with E-state index in [2.05, 4.69) is 30.4 Å². The second kappa shape index (κ2) is 9.52. The van der Waals surface area contributed by atoms with Crippen molar-refractivity contribution in [3.8, 4) is 0 Å². The molecule has 0 N–H and O–H groups in total. The maximum absolute atomic E-state index is 12.4. The van der Waals surface area contributed by atoms with E-state index in [1.807, 2.05) is 45.0 Å². The van der Waals surface area contributed by atoms with Crippen LogP contribution in [0, 0.1) is 0 Å². The molecule has 0 aliphatic carbocycles. The smallest absolute Gasteiger partial charge is 0.339 e. The predicted octanol–water partition coefficient (Wildman–Crippen LogP) is 5.63. The molecule has 0 fully saturated rings. The first kappa shape index (κ1) is 22.4. The van der Waals surface area contributed by atoms with Crippen molar-refractivity contribution in [2.24, 2.45) is 4.40 Å². The van der Waals surface area contributed by atoms with Crippen molar-refractivity contribution >= 4 is 34.9 Å². The first-order chi connectivity index (χ1) is 13.1. The lowest BCUT2D eigenvalue weighted by molar-refractivity contribution is 0.0597. The SMILES string of the molecule is COC(=O)c1ccccc1Sc1ccc(C(C)C)cc1C=NS(=O)C(C)(C)C. The first-order valence-electron chi connectivity index (χ1n) is 9.08. The highest BCUT2D eigenvalue weighted by molar-refractivity contribution is 7.99. The zero-order valence-electron chi connectivity index (χ0n) is 17.2. The van der Waals surface area contributed by atoms with Crippen molar-refractivity contribution in [3.63, 3.8) is 0 Å². The lowest BCUT2D eigenvalue weighted by atomic mass is 10.0. The number of ether oxygens (including phenoxy) is 1. The number of carbonyl (C=O) groups excluding carboxylic acids is 1. The van der Waals surface area contributed by atoms with Gasteiger partial charge >= 0.3 is 5.97 Å². The molecule has 0 heterocycles. The minimum absolute atomic E-state index is 0.363. The van der Waals surface area contributed by atoms with Crippen LogP contribution in [0.25, 0.3) is 0 Å². The van der Waals surface area contributed by atoms with Gasteiger partial charge in [-0.1, -0.05) is 43.8 Å². The van der Waals surface area contributed by atoms with Gasteiger partial charge in [0.15, 0.2) is 0 Å². The van der Waals surface area contributed by atoms with Gasteiger partial charge in [-0.2, -0.15) is 4.40 Å². The van der Waals surface area contributed by atoms with Gasteiger partial charge in [0, 0.05) is 21.6 Å². The minimum atomic E-state index is -1.34. The third-order valence-electron chi connectivity index (χ3n) is 4.02. The lowest BCUT2D eigenvalue weighted by Crippen LogP contribution is -2.19. The molecule has 0 aliphatic heterocycles. The standard InChI is InChI=1S/C22H27NO3S2/c1-15(2)16-11-12-19(17(13-16)14-23-28(25)22(3,4)5)27-20-10-8-7-9-18(20)21(24)26-6/h7-15H,1-6H3. The zero-order valence-corrected chi connectivity index (χ0v) is 18.8. The Hall–Kier alpha value is -1.92. The summed E-state index contributed by atoms with van der Waals surface area (Å²) in [5.74, 6) is -0.00683. The molecule has 0 amide bonds. The van der Waals surface area contributed by atoms with E-state index in [0.29, 0.717) is 11.5 Å². The Morgan fingerprint density at radius 3 is 2.43 bits per heavy atom. The third-order valence-corrected chi connectivity index (χ3v) is 6.54. The molecule has 0 saturated heterocycles. The van der Waals surface area contributed by atoms with Crippen LogP contribution in [0.15, 0.2) is 56.7 Å². The Balaban J connectivity index is 2.46. The zero-order chi connectivity index (χ0) is 20.9. The molecule has 0 saturated carbocycles. The number of hydrogen-bond acceptors (Lipinski definition) is 4. The molecule has 1 unspecified atom stereocenters. The Morgan fingerprint density at radius 2 is 1.82 bits per heavy atom. The molecule has 2 rings (SSSR count). The molecular formula is C22H27NO3S2. The molecule has 0 bridgehead atoms. The average Bonchev–Trinajstić information content (AvgIpc) is 2.65. The van der Waals surface area contributed by atoms with Crippen molar-refractivity contribution in [2.45, 2.75) is 55.1 Å². The molecule has 0 aromatic heterocycles. The number of nitrogens with zero attached hydrogens (tertiary/aromatic N) is 1. The highest BCUT2D eigenvalue weighted by atomic mass is 32.2. The first-order valence-corrected chi connectivity index (χ1v) is 11.0. The fourth-order valence-electron chi connectivity index (χ4n) is 2.34. The van der Waals surface area contributed by atoms with E-state index in [1.54, 1.807) is 12.3 Å². The van der Waals surface area contributed by atoms with Crippen LogP contribution >= 0.6 is 11.8 Å². The third kappa shape index (κ3) is 5.79. The van der Waals surface area contributed by atoms with Gasteiger partial charge < -0.3 is 4.74 Å². The summed E-state index contributed by atoms with van der Waals surface area (Å²) in [5, 5.41) is 0. The Labute approximate surface area is 174 Å². The van der Waals surface area contributed by atoms with E-state index in [9.17, 15) is 9.00 Å². The molecule has 28 heavy (non-hydrogen) atoms. The summed E-state index contributed by atoms with van der Waals surface area (Å²) in [6.45, 7) is 9.94. The molecule has 2 aromatic carbocycles. The van der Waals surface area contributed by atoms with Crippen LogP contribution in [-0.4, -0.2) is 28.2 Å². The fourth-order valence-corrected chi connectivity index (χ4v) is 3.87. The van der Waals surface area contributed by atoms with Crippen LogP contribution in [0.3, 0.4) is 0 Å². The Kier molecular flexibility index (Phi) is 7.61. The van der Waals surface area contributed by atoms with E-state index in [4.69, 9.17) is 4.74 Å². The second-order valence-electron chi connectivity index (χ2n) is 7.64. The maximum atomic E-state index is 12.4. The normalized spacial score (nSPS) is 13.1. The topological polar surface area (TPSA) is 55.7 Å². The molecule has 1 atom stereocenters. The molecule has 6 heteroatoms. The van der Waals surface area contributed by atoms with Crippen LogP contribution in [-0.2, 0) is 15.7 Å². The average molecular weight is 418 g/mol. The summed E-state index contributed by atoms with van der Waals surface area (Å²) in [7, 11) is 0.0392. The van der Waals surface area contributed by atoms with Crippen molar-refractivity contribution in [2.75, 3.05) is 7.11 Å². The van der Waals surface area contributed by atoms with Gasteiger partial charge in [-0.15, -0.1) is 0 Å². The summed E-state index contributed by atoms with van der Waals surface area (Å²) < 4.78 is 21.1. The monoisotopic (exact) mass is 417 g/mol. The molecule has 150 valence electrons. The number of carbonyl (C=O) groups is 1. The van der Waals surface area contributed by atoms with E-state index in [1.165, 1.54) is 24.4 Å². The van der Waals surface area contributed by atoms with E-state index >= 15 is 0 Å². The number of esters is 1. The van der Waals surface area contributed by atoms with Gasteiger partial charge in [0.25, 0.3) is 0 Å². The molecular weight excluding hydrogens is 390 g/mol. The summed E-state index contributed by atoms with van der Waals surface area (Å²) >= 11 is 1.47. The maximum Gasteiger partial charge on any atom is 0.339 e. The predicted molar refractivity (Wildman–Crippen MR) is 118 cm³/mol. The largest absolute Gasteiger partial charge is 0.465 e.